The number of benzene rings is 2. The molecule has 2 aromatic heterocycles. The molecule has 0 bridgehead atoms. The normalized spacial score (nSPS) is 34.7. The first-order chi connectivity index (χ1) is 37.4. The van der Waals surface area contributed by atoms with Crippen LogP contribution in [0.1, 0.15) is 85.8 Å². The van der Waals surface area contributed by atoms with Crippen molar-refractivity contribution >= 4 is 5.97 Å². The Morgan fingerprint density at radius 3 is 1.82 bits per heavy atom. The third-order valence-corrected chi connectivity index (χ3v) is 17.0. The van der Waals surface area contributed by atoms with Crippen molar-refractivity contribution in [3.63, 3.8) is 0 Å². The molecule has 0 unspecified atom stereocenters. The lowest BCUT2D eigenvalue weighted by atomic mass is 9.75. The second kappa shape index (κ2) is 27.1. The predicted molar refractivity (Wildman–Crippen MR) is 296 cm³/mol. The fraction of sp³-hybridized carbons (Fsp3) is 0.623. The lowest BCUT2D eigenvalue weighted by Gasteiger charge is -2.49. The van der Waals surface area contributed by atoms with Gasteiger partial charge in [-0.05, 0) is 139 Å². The SMILES string of the molecule is CO[C@]1(C)C[C@H](O[C@H]2[C@H](C)[C@@H](O[C@@H]3O[C@H](C)C[C@H](N(C)C)[C@H]3O)[C@@](C)(OC)C[C@@H](C)[C@H](O)[C@H](C)CN(C)[C@@H](CN(Cc3cncc(-c4ccc(F)cc4)c3)Cc3cncc(-c4ccc(F)cc4)c3)COC(=O)[C@@H]2C)O[C@@H](C)[C@@H]1O. The van der Waals surface area contributed by atoms with Crippen LogP contribution in [0.15, 0.2) is 85.5 Å². The summed E-state index contributed by atoms with van der Waals surface area (Å²) in [6.07, 6.45) is 0.332. The predicted octanol–water partition coefficient (Wildman–Crippen LogP) is 7.75. The molecular weight excluding hydrogens is 1020 g/mol. The molecule has 16 nitrogen and oxygen atoms in total. The molecule has 3 aliphatic rings. The number of aliphatic hydroxyl groups excluding tert-OH is 3. The largest absolute Gasteiger partial charge is 0.464 e. The number of pyridine rings is 2. The minimum atomic E-state index is -1.17. The van der Waals surface area contributed by atoms with Gasteiger partial charge in [0, 0.05) is 94.7 Å². The number of carbonyl (C=O) groups is 1. The van der Waals surface area contributed by atoms with Crippen LogP contribution in [-0.4, -0.2) is 180 Å². The molecule has 0 radical (unpaired) electrons. The molecule has 2 aromatic carbocycles. The van der Waals surface area contributed by atoms with Gasteiger partial charge in [0.25, 0.3) is 0 Å². The highest BCUT2D eigenvalue weighted by atomic mass is 19.1. The molecule has 79 heavy (non-hydrogen) atoms. The average Bonchev–Trinajstić information content (AvgIpc) is 3.43. The third-order valence-electron chi connectivity index (χ3n) is 17.0. The number of hydrogen-bond donors (Lipinski definition) is 3. The summed E-state index contributed by atoms with van der Waals surface area (Å²) < 4.78 is 73.8. The van der Waals surface area contributed by atoms with Gasteiger partial charge in [-0.15, -0.1) is 0 Å². The molecule has 4 aromatic rings. The Balaban J connectivity index is 1.27. The van der Waals surface area contributed by atoms with E-state index in [4.69, 9.17) is 33.2 Å². The second-order valence-corrected chi connectivity index (χ2v) is 23.6. The van der Waals surface area contributed by atoms with E-state index >= 15 is 4.79 Å². The van der Waals surface area contributed by atoms with Gasteiger partial charge in [-0.2, -0.15) is 0 Å². The van der Waals surface area contributed by atoms with Crippen molar-refractivity contribution in [2.75, 3.05) is 55.1 Å². The number of cyclic esters (lactones) is 1. The van der Waals surface area contributed by atoms with Gasteiger partial charge in [-0.25, -0.2) is 8.78 Å². The van der Waals surface area contributed by atoms with E-state index in [1.54, 1.807) is 76.9 Å². The molecule has 0 saturated carbocycles. The standard InChI is InChI=1S/C61H87F2N5O11/c1-36-25-61(8,74-13)57(79-59-54(70)51(66(9)10)22-38(3)76-59)39(4)55(78-52-26-60(7,73-12)56(71)41(6)77-52)40(5)58(72)75-35-50(67(11)31-37(2)53(36)69)34-68(32-42-23-46(29-64-27-42)44-14-18-48(62)19-15-44)33-43-24-47(30-65-28-43)45-16-20-49(63)21-17-45/h14-21,23-24,27-30,36-41,50-57,59,69-71H,22,25-26,31-35H2,1-13H3/t36-,37-,38-,39+,40-,41+,50+,51+,52+,53+,54-,55+,56+,57-,59+,60-,61+/m1/s1. The van der Waals surface area contributed by atoms with Crippen molar-refractivity contribution in [1.29, 1.82) is 0 Å². The van der Waals surface area contributed by atoms with Gasteiger partial charge in [-0.3, -0.25) is 24.6 Å². The van der Waals surface area contributed by atoms with E-state index in [1.165, 1.54) is 31.4 Å². The summed E-state index contributed by atoms with van der Waals surface area (Å²) in [5.74, 6) is -3.53. The third kappa shape index (κ3) is 15.4. The van der Waals surface area contributed by atoms with Crippen LogP contribution in [-0.2, 0) is 51.0 Å². The molecule has 0 spiro atoms. The van der Waals surface area contributed by atoms with Gasteiger partial charge < -0.3 is 53.4 Å². The van der Waals surface area contributed by atoms with Crippen molar-refractivity contribution in [3.05, 3.63) is 108 Å². The fourth-order valence-electron chi connectivity index (χ4n) is 12.1. The topological polar surface area (TPSA) is 178 Å². The molecular formula is C61H87F2N5O11. The summed E-state index contributed by atoms with van der Waals surface area (Å²) in [5.41, 5.74) is 2.81. The van der Waals surface area contributed by atoms with Crippen molar-refractivity contribution in [2.24, 2.45) is 23.7 Å². The Labute approximate surface area is 466 Å². The van der Waals surface area contributed by atoms with Crippen molar-refractivity contribution in [2.45, 2.75) is 166 Å². The monoisotopic (exact) mass is 1100 g/mol. The first kappa shape index (κ1) is 62.2. The van der Waals surface area contributed by atoms with Gasteiger partial charge in [0.2, 0.25) is 0 Å². The van der Waals surface area contributed by atoms with Gasteiger partial charge >= 0.3 is 5.97 Å². The van der Waals surface area contributed by atoms with E-state index in [9.17, 15) is 24.1 Å². The molecule has 17 atom stereocenters. The molecule has 18 heteroatoms. The molecule has 7 rings (SSSR count). The minimum Gasteiger partial charge on any atom is -0.464 e. The number of hydrogen-bond acceptors (Lipinski definition) is 16. The maximum Gasteiger partial charge on any atom is 0.311 e. The number of methoxy groups -OCH3 is 2. The quantitative estimate of drug-likeness (QED) is 0.0984. The summed E-state index contributed by atoms with van der Waals surface area (Å²) in [6, 6.07) is 15.9. The Morgan fingerprint density at radius 1 is 0.734 bits per heavy atom. The van der Waals surface area contributed by atoms with Crippen LogP contribution in [0.5, 0.6) is 0 Å². The Bertz CT molecular complexity index is 2480. The molecule has 3 saturated heterocycles. The van der Waals surface area contributed by atoms with E-state index in [0.717, 1.165) is 33.4 Å². The fourth-order valence-corrected chi connectivity index (χ4v) is 12.1. The maximum atomic E-state index is 15.1. The highest BCUT2D eigenvalue weighted by Crippen LogP contribution is 2.41. The number of nitrogens with zero attached hydrogens (tertiary/aromatic N) is 5. The second-order valence-electron chi connectivity index (χ2n) is 23.6. The summed E-state index contributed by atoms with van der Waals surface area (Å²) in [5, 5.41) is 35.5. The molecule has 0 amide bonds. The van der Waals surface area contributed by atoms with Crippen LogP contribution in [0.3, 0.4) is 0 Å². The van der Waals surface area contributed by atoms with E-state index in [-0.39, 0.29) is 48.6 Å². The lowest BCUT2D eigenvalue weighted by Crippen LogP contribution is -2.61. The molecule has 0 aliphatic carbocycles. The zero-order valence-electron chi connectivity index (χ0n) is 48.5. The zero-order valence-corrected chi connectivity index (χ0v) is 48.5. The Morgan fingerprint density at radius 2 is 1.29 bits per heavy atom. The first-order valence-electron chi connectivity index (χ1n) is 27.8. The van der Waals surface area contributed by atoms with Crippen molar-refractivity contribution in [1.82, 2.24) is 24.7 Å². The van der Waals surface area contributed by atoms with E-state index in [1.807, 2.05) is 72.8 Å². The number of carbonyl (C=O) groups excluding carboxylic acids is 1. The van der Waals surface area contributed by atoms with Gasteiger partial charge in [0.05, 0.1) is 53.7 Å². The molecule has 5 heterocycles. The van der Waals surface area contributed by atoms with E-state index < -0.39 is 84.3 Å². The first-order valence-corrected chi connectivity index (χ1v) is 27.8. The van der Waals surface area contributed by atoms with Crippen molar-refractivity contribution in [3.8, 4) is 22.3 Å². The van der Waals surface area contributed by atoms with E-state index in [0.29, 0.717) is 39.0 Å². The number of rotatable bonds is 15. The summed E-state index contributed by atoms with van der Waals surface area (Å²) in [7, 11) is 8.92. The average molecular weight is 1100 g/mol. The highest BCUT2D eigenvalue weighted by Gasteiger charge is 2.52. The van der Waals surface area contributed by atoms with Crippen LogP contribution >= 0.6 is 0 Å². The Kier molecular flexibility index (Phi) is 21.3. The maximum absolute atomic E-state index is 15.1. The molecule has 436 valence electrons. The zero-order chi connectivity index (χ0) is 57.5. The summed E-state index contributed by atoms with van der Waals surface area (Å²) in [6.45, 7) is 16.6. The van der Waals surface area contributed by atoms with Gasteiger partial charge in [-0.1, -0.05) is 45.0 Å². The van der Waals surface area contributed by atoms with Gasteiger partial charge in [0.1, 0.15) is 30.4 Å². The number of ether oxygens (including phenoxy) is 7. The van der Waals surface area contributed by atoms with Crippen molar-refractivity contribution < 1.29 is 62.1 Å². The van der Waals surface area contributed by atoms with E-state index in [2.05, 4.69) is 19.8 Å². The van der Waals surface area contributed by atoms with Crippen LogP contribution in [0.25, 0.3) is 22.3 Å². The number of esters is 1. The minimum absolute atomic E-state index is 0.0517. The number of aromatic nitrogens is 2. The van der Waals surface area contributed by atoms with Crippen LogP contribution in [0.4, 0.5) is 8.78 Å². The number of halogens is 2. The molecule has 3 N–H and O–H groups in total. The summed E-state index contributed by atoms with van der Waals surface area (Å²) in [4.78, 5) is 30.6. The number of likely N-dealkylation sites (N-methyl/N-ethyl adjacent to an activating group) is 2. The van der Waals surface area contributed by atoms with Crippen LogP contribution in [0, 0.1) is 35.3 Å². The highest BCUT2D eigenvalue weighted by molar-refractivity contribution is 5.73. The summed E-state index contributed by atoms with van der Waals surface area (Å²) >= 11 is 0. The van der Waals surface area contributed by atoms with Crippen LogP contribution < -0.4 is 0 Å². The molecule has 3 fully saturated rings. The smallest absolute Gasteiger partial charge is 0.311 e. The molecule has 3 aliphatic heterocycles. The number of aliphatic hydroxyl groups is 3. The lowest BCUT2D eigenvalue weighted by molar-refractivity contribution is -0.319. The Hall–Kier alpha value is -4.41. The van der Waals surface area contributed by atoms with Crippen LogP contribution in [0.2, 0.25) is 0 Å². The van der Waals surface area contributed by atoms with Gasteiger partial charge in [0.15, 0.2) is 12.6 Å².